The zero-order chi connectivity index (χ0) is 15.4. The molecule has 0 aromatic heterocycles. The first kappa shape index (κ1) is 18.7. The van der Waals surface area contributed by atoms with Gasteiger partial charge in [0.05, 0.1) is 0 Å². The van der Waals surface area contributed by atoms with E-state index in [1.807, 2.05) is 27.7 Å². The minimum atomic E-state index is 0.832. The van der Waals surface area contributed by atoms with Gasteiger partial charge in [0.25, 0.3) is 0 Å². The van der Waals surface area contributed by atoms with Gasteiger partial charge in [0, 0.05) is 0 Å². The second-order valence-electron chi connectivity index (χ2n) is 4.69. The molecule has 0 heteroatoms. The maximum Gasteiger partial charge on any atom is -0.0152 e. The molecule has 0 spiro atoms. The molecule has 1 unspecified atom stereocenters. The number of benzene rings is 2. The molecule has 0 aliphatic rings. The average Bonchev–Trinajstić information content (AvgIpc) is 2.56. The fraction of sp³-hybridized carbons (Fsp3) is 0.500. The third-order valence-electron chi connectivity index (χ3n) is 3.48. The highest BCUT2D eigenvalue weighted by Crippen LogP contribution is 2.21. The first-order valence-corrected chi connectivity index (χ1v) is 8.28. The van der Waals surface area contributed by atoms with E-state index >= 15 is 0 Å². The fourth-order valence-corrected chi connectivity index (χ4v) is 2.12. The van der Waals surface area contributed by atoms with Crippen LogP contribution in [0.4, 0.5) is 0 Å². The standard InChI is InChI=1S/C16H20.2C2H6/c1-3-13(2)11-12-15-9-6-8-14-7-4-5-10-16(14)15;2*1-2/h4-10,13H,3,11-12H2,1-2H3;2*1-2H3. The summed E-state index contributed by atoms with van der Waals surface area (Å²) < 4.78 is 0. The van der Waals surface area contributed by atoms with Crippen LogP contribution in [0.15, 0.2) is 42.5 Å². The molecular weight excluding hydrogens is 240 g/mol. The molecule has 0 saturated heterocycles. The van der Waals surface area contributed by atoms with Gasteiger partial charge in [-0.2, -0.15) is 0 Å². The molecule has 0 saturated carbocycles. The van der Waals surface area contributed by atoms with Crippen molar-refractivity contribution in [2.75, 3.05) is 0 Å². The molecule has 0 aliphatic carbocycles. The number of hydrogen-bond acceptors (Lipinski definition) is 0. The van der Waals surface area contributed by atoms with Gasteiger partial charge < -0.3 is 0 Å². The highest BCUT2D eigenvalue weighted by atomic mass is 14.1. The Morgan fingerprint density at radius 3 is 2.10 bits per heavy atom. The maximum atomic E-state index is 2.34. The van der Waals surface area contributed by atoms with Crippen molar-refractivity contribution in [1.29, 1.82) is 0 Å². The normalized spacial score (nSPS) is 10.9. The Hall–Kier alpha value is -1.30. The minimum absolute atomic E-state index is 0.832. The smallest absolute Gasteiger partial charge is 0.0152 e. The Labute approximate surface area is 126 Å². The summed E-state index contributed by atoms with van der Waals surface area (Å²) >= 11 is 0. The first-order valence-electron chi connectivity index (χ1n) is 8.28. The van der Waals surface area contributed by atoms with E-state index in [9.17, 15) is 0 Å². The van der Waals surface area contributed by atoms with Gasteiger partial charge in [0.1, 0.15) is 0 Å². The zero-order valence-electron chi connectivity index (χ0n) is 14.2. The monoisotopic (exact) mass is 272 g/mol. The molecule has 0 aliphatic heterocycles. The molecule has 0 heterocycles. The molecule has 0 bridgehead atoms. The van der Waals surface area contributed by atoms with Crippen molar-refractivity contribution in [3.8, 4) is 0 Å². The number of aryl methyl sites for hydroxylation is 1. The summed E-state index contributed by atoms with van der Waals surface area (Å²) in [4.78, 5) is 0. The van der Waals surface area contributed by atoms with Gasteiger partial charge in [0.2, 0.25) is 0 Å². The molecule has 2 aromatic rings. The van der Waals surface area contributed by atoms with E-state index in [2.05, 4.69) is 56.3 Å². The van der Waals surface area contributed by atoms with Crippen molar-refractivity contribution in [3.63, 3.8) is 0 Å². The van der Waals surface area contributed by atoms with Crippen molar-refractivity contribution in [2.24, 2.45) is 5.92 Å². The summed E-state index contributed by atoms with van der Waals surface area (Å²) in [6.45, 7) is 12.6. The summed E-state index contributed by atoms with van der Waals surface area (Å²) in [5.74, 6) is 0.832. The van der Waals surface area contributed by atoms with Crippen LogP contribution in [0.2, 0.25) is 0 Å². The lowest BCUT2D eigenvalue weighted by Crippen LogP contribution is -1.96. The third-order valence-corrected chi connectivity index (χ3v) is 3.48. The molecule has 0 fully saturated rings. The second kappa shape index (κ2) is 11.5. The Morgan fingerprint density at radius 2 is 1.45 bits per heavy atom. The Bertz CT molecular complexity index is 451. The van der Waals surface area contributed by atoms with E-state index in [-0.39, 0.29) is 0 Å². The van der Waals surface area contributed by atoms with E-state index in [0.717, 1.165) is 5.92 Å². The van der Waals surface area contributed by atoms with E-state index in [4.69, 9.17) is 0 Å². The molecule has 0 amide bonds. The van der Waals surface area contributed by atoms with Crippen molar-refractivity contribution in [2.45, 2.75) is 60.8 Å². The van der Waals surface area contributed by atoms with E-state index in [1.54, 1.807) is 0 Å². The van der Waals surface area contributed by atoms with Crippen LogP contribution in [-0.4, -0.2) is 0 Å². The third kappa shape index (κ3) is 5.77. The van der Waals surface area contributed by atoms with Crippen LogP contribution >= 0.6 is 0 Å². The van der Waals surface area contributed by atoms with Crippen LogP contribution in [-0.2, 0) is 6.42 Å². The van der Waals surface area contributed by atoms with Crippen LogP contribution in [0.5, 0.6) is 0 Å². The first-order chi connectivity index (χ1) is 9.81. The highest BCUT2D eigenvalue weighted by Gasteiger charge is 2.03. The lowest BCUT2D eigenvalue weighted by atomic mass is 9.95. The SMILES string of the molecule is CC.CC.CCC(C)CCc1cccc2ccccc12. The topological polar surface area (TPSA) is 0 Å². The van der Waals surface area contributed by atoms with Gasteiger partial charge in [0.15, 0.2) is 0 Å². The van der Waals surface area contributed by atoms with Gasteiger partial charge in [-0.05, 0) is 35.1 Å². The number of rotatable bonds is 4. The summed E-state index contributed by atoms with van der Waals surface area (Å²) in [5, 5.41) is 2.79. The molecule has 2 rings (SSSR count). The molecular formula is C20H32. The molecule has 0 radical (unpaired) electrons. The van der Waals surface area contributed by atoms with Gasteiger partial charge in [-0.1, -0.05) is 90.4 Å². The molecule has 0 nitrogen and oxygen atoms in total. The molecule has 20 heavy (non-hydrogen) atoms. The Kier molecular flexibility index (Phi) is 10.8. The maximum absolute atomic E-state index is 2.34. The predicted molar refractivity (Wildman–Crippen MR) is 94.4 cm³/mol. The van der Waals surface area contributed by atoms with E-state index < -0.39 is 0 Å². The molecule has 0 N–H and O–H groups in total. The quantitative estimate of drug-likeness (QED) is 0.569. The van der Waals surface area contributed by atoms with Gasteiger partial charge in [-0.15, -0.1) is 0 Å². The van der Waals surface area contributed by atoms with Crippen molar-refractivity contribution in [3.05, 3.63) is 48.0 Å². The van der Waals surface area contributed by atoms with E-state index in [1.165, 1.54) is 35.6 Å². The zero-order valence-corrected chi connectivity index (χ0v) is 14.2. The van der Waals surface area contributed by atoms with Crippen molar-refractivity contribution < 1.29 is 0 Å². The highest BCUT2D eigenvalue weighted by molar-refractivity contribution is 5.85. The Morgan fingerprint density at radius 1 is 0.850 bits per heavy atom. The minimum Gasteiger partial charge on any atom is -0.0683 e. The lowest BCUT2D eigenvalue weighted by Gasteiger charge is -2.10. The molecule has 2 aromatic carbocycles. The number of fused-ring (bicyclic) bond motifs is 1. The van der Waals surface area contributed by atoms with Crippen LogP contribution < -0.4 is 0 Å². The van der Waals surface area contributed by atoms with Gasteiger partial charge in [-0.3, -0.25) is 0 Å². The fourth-order valence-electron chi connectivity index (χ4n) is 2.12. The summed E-state index contributed by atoms with van der Waals surface area (Å²) in [6.07, 6.45) is 3.78. The van der Waals surface area contributed by atoms with Crippen LogP contribution in [0.3, 0.4) is 0 Å². The summed E-state index contributed by atoms with van der Waals surface area (Å²) in [6, 6.07) is 15.3. The lowest BCUT2D eigenvalue weighted by molar-refractivity contribution is 0.517. The van der Waals surface area contributed by atoms with E-state index in [0.29, 0.717) is 0 Å². The van der Waals surface area contributed by atoms with Gasteiger partial charge >= 0.3 is 0 Å². The summed E-state index contributed by atoms with van der Waals surface area (Å²) in [5.41, 5.74) is 1.50. The van der Waals surface area contributed by atoms with Crippen LogP contribution in [0.1, 0.15) is 59.9 Å². The van der Waals surface area contributed by atoms with Gasteiger partial charge in [-0.25, -0.2) is 0 Å². The Balaban J connectivity index is 0.000000829. The van der Waals surface area contributed by atoms with Crippen LogP contribution in [0.25, 0.3) is 10.8 Å². The largest absolute Gasteiger partial charge is 0.0683 e. The van der Waals surface area contributed by atoms with Crippen molar-refractivity contribution >= 4 is 10.8 Å². The predicted octanol–water partition coefficient (Wildman–Crippen LogP) is 6.87. The second-order valence-corrected chi connectivity index (χ2v) is 4.69. The summed E-state index contributed by atoms with van der Waals surface area (Å²) in [7, 11) is 0. The average molecular weight is 272 g/mol. The van der Waals surface area contributed by atoms with Crippen molar-refractivity contribution in [1.82, 2.24) is 0 Å². The van der Waals surface area contributed by atoms with Crippen LogP contribution in [0, 0.1) is 5.92 Å². The number of hydrogen-bond donors (Lipinski definition) is 0. The molecule has 112 valence electrons. The molecule has 1 atom stereocenters.